The Kier molecular flexibility index (Phi) is 3.54. The van der Waals surface area contributed by atoms with E-state index in [0.29, 0.717) is 16.9 Å². The maximum absolute atomic E-state index is 13.6. The number of halogens is 1. The molecular weight excluding hydrogens is 229 g/mol. The molecule has 18 heavy (non-hydrogen) atoms. The van der Waals surface area contributed by atoms with Crippen LogP contribution in [0.4, 0.5) is 10.2 Å². The maximum Gasteiger partial charge on any atom is 0.144 e. The van der Waals surface area contributed by atoms with Crippen LogP contribution < -0.4 is 5.32 Å². The summed E-state index contributed by atoms with van der Waals surface area (Å²) in [5, 5.41) is 12.0. The molecule has 1 aromatic carbocycles. The molecule has 1 heterocycles. The van der Waals surface area contributed by atoms with Crippen LogP contribution in [0.1, 0.15) is 24.1 Å². The van der Waals surface area contributed by atoms with E-state index in [-0.39, 0.29) is 11.9 Å². The Balaban J connectivity index is 2.25. The van der Waals surface area contributed by atoms with Gasteiger partial charge >= 0.3 is 0 Å². The molecule has 0 unspecified atom stereocenters. The van der Waals surface area contributed by atoms with Crippen molar-refractivity contribution in [3.05, 3.63) is 59.5 Å². The predicted molar refractivity (Wildman–Crippen MR) is 67.4 cm³/mol. The number of hydrogen-bond donors (Lipinski definition) is 1. The van der Waals surface area contributed by atoms with Gasteiger partial charge in [0.15, 0.2) is 0 Å². The number of anilines is 1. The second-order valence-corrected chi connectivity index (χ2v) is 3.90. The van der Waals surface area contributed by atoms with Crippen LogP contribution in [-0.4, -0.2) is 4.98 Å². The Hall–Kier alpha value is -2.41. The number of pyridine rings is 1. The molecule has 2 rings (SSSR count). The molecule has 1 atom stereocenters. The Bertz CT molecular complexity index is 590. The average Bonchev–Trinajstić information content (AvgIpc) is 2.39. The molecule has 90 valence electrons. The van der Waals surface area contributed by atoms with Gasteiger partial charge in [-0.3, -0.25) is 0 Å². The first-order valence-electron chi connectivity index (χ1n) is 5.58. The normalized spacial score (nSPS) is 11.6. The van der Waals surface area contributed by atoms with Crippen molar-refractivity contribution in [2.75, 3.05) is 5.32 Å². The molecule has 2 aromatic rings. The van der Waals surface area contributed by atoms with E-state index < -0.39 is 0 Å². The van der Waals surface area contributed by atoms with E-state index in [1.165, 1.54) is 6.07 Å². The molecule has 0 fully saturated rings. The van der Waals surface area contributed by atoms with E-state index >= 15 is 0 Å². The minimum Gasteiger partial charge on any atom is -0.362 e. The van der Waals surface area contributed by atoms with Crippen molar-refractivity contribution in [2.45, 2.75) is 13.0 Å². The SMILES string of the molecule is C[C@H](Nc1ncccc1C#N)c1ccccc1F. The van der Waals surface area contributed by atoms with Crippen LogP contribution in [-0.2, 0) is 0 Å². The third kappa shape index (κ3) is 2.46. The number of aromatic nitrogens is 1. The van der Waals surface area contributed by atoms with Gasteiger partial charge in [-0.05, 0) is 25.1 Å². The molecular formula is C14H12FN3. The van der Waals surface area contributed by atoms with Crippen molar-refractivity contribution in [3.8, 4) is 6.07 Å². The number of nitrogens with zero attached hydrogens (tertiary/aromatic N) is 2. The first-order chi connectivity index (χ1) is 8.72. The van der Waals surface area contributed by atoms with Gasteiger partial charge in [0.25, 0.3) is 0 Å². The van der Waals surface area contributed by atoms with E-state index in [0.717, 1.165) is 0 Å². The summed E-state index contributed by atoms with van der Waals surface area (Å²) < 4.78 is 13.6. The molecule has 0 saturated heterocycles. The Labute approximate surface area is 105 Å². The summed E-state index contributed by atoms with van der Waals surface area (Å²) in [7, 11) is 0. The highest BCUT2D eigenvalue weighted by Gasteiger charge is 2.12. The molecule has 1 N–H and O–H groups in total. The molecule has 1 aromatic heterocycles. The van der Waals surface area contributed by atoms with Gasteiger partial charge in [-0.15, -0.1) is 0 Å². The topological polar surface area (TPSA) is 48.7 Å². The van der Waals surface area contributed by atoms with Gasteiger partial charge in [0.1, 0.15) is 17.7 Å². The molecule has 0 saturated carbocycles. The number of hydrogen-bond acceptors (Lipinski definition) is 3. The average molecular weight is 241 g/mol. The smallest absolute Gasteiger partial charge is 0.144 e. The second-order valence-electron chi connectivity index (χ2n) is 3.90. The van der Waals surface area contributed by atoms with Crippen LogP contribution in [0.5, 0.6) is 0 Å². The summed E-state index contributed by atoms with van der Waals surface area (Å²) in [6.07, 6.45) is 1.59. The van der Waals surface area contributed by atoms with Crippen LogP contribution in [0.25, 0.3) is 0 Å². The highest BCUT2D eigenvalue weighted by atomic mass is 19.1. The van der Waals surface area contributed by atoms with Gasteiger partial charge in [0, 0.05) is 11.8 Å². The van der Waals surface area contributed by atoms with Crippen LogP contribution in [0, 0.1) is 17.1 Å². The number of nitrogens with one attached hydrogen (secondary N) is 1. The van der Waals surface area contributed by atoms with Gasteiger partial charge < -0.3 is 5.32 Å². The van der Waals surface area contributed by atoms with Gasteiger partial charge in [-0.2, -0.15) is 5.26 Å². The summed E-state index contributed by atoms with van der Waals surface area (Å²) >= 11 is 0. The lowest BCUT2D eigenvalue weighted by atomic mass is 10.1. The lowest BCUT2D eigenvalue weighted by Crippen LogP contribution is -2.10. The number of nitriles is 1. The van der Waals surface area contributed by atoms with Gasteiger partial charge in [0.05, 0.1) is 11.6 Å². The minimum atomic E-state index is -0.271. The zero-order valence-electron chi connectivity index (χ0n) is 9.89. The zero-order valence-corrected chi connectivity index (χ0v) is 9.89. The van der Waals surface area contributed by atoms with Gasteiger partial charge in [-0.25, -0.2) is 9.37 Å². The first kappa shape index (κ1) is 12.1. The fourth-order valence-electron chi connectivity index (χ4n) is 1.72. The molecule has 0 radical (unpaired) electrons. The van der Waals surface area contributed by atoms with E-state index in [2.05, 4.69) is 10.3 Å². The van der Waals surface area contributed by atoms with Crippen LogP contribution >= 0.6 is 0 Å². The van der Waals surface area contributed by atoms with E-state index in [1.807, 2.05) is 13.0 Å². The van der Waals surface area contributed by atoms with E-state index in [4.69, 9.17) is 5.26 Å². The van der Waals surface area contributed by atoms with Crippen molar-refractivity contribution < 1.29 is 4.39 Å². The minimum absolute atomic E-state index is 0.256. The first-order valence-corrected chi connectivity index (χ1v) is 5.58. The summed E-state index contributed by atoms with van der Waals surface area (Å²) in [5.74, 6) is 0.197. The zero-order chi connectivity index (χ0) is 13.0. The summed E-state index contributed by atoms with van der Waals surface area (Å²) in [6, 6.07) is 11.7. The molecule has 0 aliphatic heterocycles. The third-order valence-electron chi connectivity index (χ3n) is 2.65. The molecule has 0 aliphatic rings. The monoisotopic (exact) mass is 241 g/mol. The fourth-order valence-corrected chi connectivity index (χ4v) is 1.72. The lowest BCUT2D eigenvalue weighted by Gasteiger charge is -2.16. The van der Waals surface area contributed by atoms with Gasteiger partial charge in [0.2, 0.25) is 0 Å². The molecule has 0 spiro atoms. The standard InChI is InChI=1S/C14H12FN3/c1-10(12-6-2-3-7-13(12)15)18-14-11(9-16)5-4-8-17-14/h2-8,10H,1H3,(H,17,18)/t10-/m0/s1. The van der Waals surface area contributed by atoms with Crippen molar-refractivity contribution in [1.82, 2.24) is 4.98 Å². The number of rotatable bonds is 3. The summed E-state index contributed by atoms with van der Waals surface area (Å²) in [6.45, 7) is 1.83. The Morgan fingerprint density at radius 1 is 1.28 bits per heavy atom. The van der Waals surface area contributed by atoms with Crippen molar-refractivity contribution in [2.24, 2.45) is 0 Å². The van der Waals surface area contributed by atoms with Crippen LogP contribution in [0.2, 0.25) is 0 Å². The Morgan fingerprint density at radius 2 is 2.06 bits per heavy atom. The van der Waals surface area contributed by atoms with Crippen LogP contribution in [0.15, 0.2) is 42.6 Å². The van der Waals surface area contributed by atoms with E-state index in [1.54, 1.807) is 36.5 Å². The summed E-state index contributed by atoms with van der Waals surface area (Å²) in [5.41, 5.74) is 0.993. The predicted octanol–water partition coefficient (Wildman–Crippen LogP) is 3.27. The van der Waals surface area contributed by atoms with Crippen LogP contribution in [0.3, 0.4) is 0 Å². The second kappa shape index (κ2) is 5.28. The van der Waals surface area contributed by atoms with Crippen molar-refractivity contribution >= 4 is 5.82 Å². The molecule has 0 aliphatic carbocycles. The van der Waals surface area contributed by atoms with Crippen molar-refractivity contribution in [3.63, 3.8) is 0 Å². The largest absolute Gasteiger partial charge is 0.362 e. The highest BCUT2D eigenvalue weighted by molar-refractivity contribution is 5.52. The lowest BCUT2D eigenvalue weighted by molar-refractivity contribution is 0.600. The summed E-state index contributed by atoms with van der Waals surface area (Å²) in [4.78, 5) is 4.09. The van der Waals surface area contributed by atoms with Gasteiger partial charge in [-0.1, -0.05) is 18.2 Å². The highest BCUT2D eigenvalue weighted by Crippen LogP contribution is 2.21. The maximum atomic E-state index is 13.6. The fraction of sp³-hybridized carbons (Fsp3) is 0.143. The van der Waals surface area contributed by atoms with Crippen molar-refractivity contribution in [1.29, 1.82) is 5.26 Å². The Morgan fingerprint density at radius 3 is 2.78 bits per heavy atom. The third-order valence-corrected chi connectivity index (χ3v) is 2.65. The molecule has 0 amide bonds. The van der Waals surface area contributed by atoms with E-state index in [9.17, 15) is 4.39 Å². The molecule has 4 heteroatoms. The number of benzene rings is 1. The molecule has 0 bridgehead atoms. The quantitative estimate of drug-likeness (QED) is 0.897. The molecule has 3 nitrogen and oxygen atoms in total.